The van der Waals surface area contributed by atoms with Crippen LogP contribution in [-0.4, -0.2) is 46.7 Å². The quantitative estimate of drug-likeness (QED) is 0.793. The molecule has 6 heteroatoms. The van der Waals surface area contributed by atoms with Crippen molar-refractivity contribution in [1.82, 2.24) is 14.5 Å². The fraction of sp³-hybridized carbons (Fsp3) is 0.667. The van der Waals surface area contributed by atoms with Gasteiger partial charge in [0.25, 0.3) is 0 Å². The number of carbonyl (C=O) groups is 1. The van der Waals surface area contributed by atoms with E-state index in [1.807, 2.05) is 14.1 Å². The lowest BCUT2D eigenvalue weighted by Gasteiger charge is -2.33. The summed E-state index contributed by atoms with van der Waals surface area (Å²) >= 11 is 0. The van der Waals surface area contributed by atoms with E-state index in [1.54, 1.807) is 17.8 Å². The average Bonchev–Trinajstić information content (AvgIpc) is 2.60. The summed E-state index contributed by atoms with van der Waals surface area (Å²) < 4.78 is 6.66. The molecule has 18 heavy (non-hydrogen) atoms. The minimum atomic E-state index is -0.476. The lowest BCUT2D eigenvalue weighted by Crippen LogP contribution is -2.42. The molecule has 0 aliphatic carbocycles. The van der Waals surface area contributed by atoms with Crippen LogP contribution in [0.1, 0.15) is 31.3 Å². The maximum atomic E-state index is 11.6. The van der Waals surface area contributed by atoms with Gasteiger partial charge in [0.15, 0.2) is 5.69 Å². The van der Waals surface area contributed by atoms with Gasteiger partial charge in [-0.2, -0.15) is 0 Å². The van der Waals surface area contributed by atoms with Gasteiger partial charge in [-0.1, -0.05) is 0 Å². The lowest BCUT2D eigenvalue weighted by atomic mass is 10.0. The molecule has 1 heterocycles. The van der Waals surface area contributed by atoms with Crippen molar-refractivity contribution in [3.05, 3.63) is 12.0 Å². The first-order valence-corrected chi connectivity index (χ1v) is 5.94. The molecule has 2 N–H and O–H groups in total. The number of esters is 1. The van der Waals surface area contributed by atoms with E-state index in [-0.39, 0.29) is 11.2 Å². The molecule has 0 saturated carbocycles. The Hall–Kier alpha value is -1.56. The summed E-state index contributed by atoms with van der Waals surface area (Å²) in [5.41, 5.74) is 6.03. The number of nitrogen functional groups attached to an aromatic ring is 1. The van der Waals surface area contributed by atoms with E-state index in [2.05, 4.69) is 23.7 Å². The van der Waals surface area contributed by atoms with Gasteiger partial charge in [-0.05, 0) is 34.9 Å². The number of aromatic nitrogens is 2. The maximum absolute atomic E-state index is 11.6. The molecule has 0 bridgehead atoms. The summed E-state index contributed by atoms with van der Waals surface area (Å²) in [5, 5.41) is 0. The summed E-state index contributed by atoms with van der Waals surface area (Å²) in [7, 11) is 4.00. The second kappa shape index (κ2) is 5.39. The monoisotopic (exact) mass is 254 g/mol. The summed E-state index contributed by atoms with van der Waals surface area (Å²) in [5.74, 6) is -0.125. The van der Waals surface area contributed by atoms with Crippen LogP contribution >= 0.6 is 0 Å². The lowest BCUT2D eigenvalue weighted by molar-refractivity contribution is 0.0521. The highest BCUT2D eigenvalue weighted by Gasteiger charge is 2.24. The third-order valence-electron chi connectivity index (χ3n) is 3.11. The van der Waals surface area contributed by atoms with Crippen molar-refractivity contribution < 1.29 is 9.53 Å². The van der Waals surface area contributed by atoms with Crippen LogP contribution in [0.2, 0.25) is 0 Å². The summed E-state index contributed by atoms with van der Waals surface area (Å²) in [4.78, 5) is 17.7. The van der Waals surface area contributed by atoms with E-state index in [9.17, 15) is 4.79 Å². The van der Waals surface area contributed by atoms with E-state index in [4.69, 9.17) is 10.5 Å². The smallest absolute Gasteiger partial charge is 0.360 e. The molecule has 0 aromatic carbocycles. The van der Waals surface area contributed by atoms with Gasteiger partial charge in [0.1, 0.15) is 5.82 Å². The third-order valence-corrected chi connectivity index (χ3v) is 3.11. The van der Waals surface area contributed by atoms with Crippen LogP contribution < -0.4 is 5.73 Å². The van der Waals surface area contributed by atoms with Crippen LogP contribution in [0.3, 0.4) is 0 Å². The Bertz CT molecular complexity index is 424. The summed E-state index contributed by atoms with van der Waals surface area (Å²) in [6, 6.07) is 0. The zero-order chi connectivity index (χ0) is 13.9. The van der Waals surface area contributed by atoms with Crippen LogP contribution in [0.5, 0.6) is 0 Å². The normalized spacial score (nSPS) is 11.9. The van der Waals surface area contributed by atoms with Crippen molar-refractivity contribution in [1.29, 1.82) is 0 Å². The van der Waals surface area contributed by atoms with Gasteiger partial charge in [-0.25, -0.2) is 9.78 Å². The molecule has 0 atom stereocenters. The standard InChI is InChI=1S/C12H22N4O2/c1-6-18-11(17)9-10(13)16(8-14-9)7-12(2,3)15(4)5/h8H,6-7,13H2,1-5H3. The predicted octanol–water partition coefficient (Wildman–Crippen LogP) is 0.982. The van der Waals surface area contributed by atoms with Gasteiger partial charge in [-0.15, -0.1) is 0 Å². The van der Waals surface area contributed by atoms with Gasteiger partial charge in [0.2, 0.25) is 0 Å². The third kappa shape index (κ3) is 3.01. The number of imidazole rings is 1. The molecule has 1 aromatic heterocycles. The molecule has 102 valence electrons. The number of likely N-dealkylation sites (N-methyl/N-ethyl adjacent to an activating group) is 1. The number of carbonyl (C=O) groups excluding carboxylic acids is 1. The first-order valence-electron chi connectivity index (χ1n) is 5.94. The SMILES string of the molecule is CCOC(=O)c1ncn(CC(C)(C)N(C)C)c1N. The Morgan fingerprint density at radius 1 is 1.56 bits per heavy atom. The van der Waals surface area contributed by atoms with Crippen molar-refractivity contribution >= 4 is 11.8 Å². The molecule has 0 saturated heterocycles. The minimum absolute atomic E-state index is 0.0826. The molecule has 0 spiro atoms. The van der Waals surface area contributed by atoms with Crippen molar-refractivity contribution in [2.24, 2.45) is 0 Å². The van der Waals surface area contributed by atoms with E-state index < -0.39 is 5.97 Å². The zero-order valence-corrected chi connectivity index (χ0v) is 11.7. The van der Waals surface area contributed by atoms with Crippen LogP contribution in [0.25, 0.3) is 0 Å². The number of rotatable bonds is 5. The maximum Gasteiger partial charge on any atom is 0.360 e. The Morgan fingerprint density at radius 2 is 2.17 bits per heavy atom. The van der Waals surface area contributed by atoms with Crippen LogP contribution in [0.4, 0.5) is 5.82 Å². The van der Waals surface area contributed by atoms with Crippen molar-refractivity contribution in [2.75, 3.05) is 26.4 Å². The number of nitrogens with two attached hydrogens (primary N) is 1. The first-order chi connectivity index (χ1) is 8.29. The van der Waals surface area contributed by atoms with Crippen LogP contribution in [0, 0.1) is 0 Å². The van der Waals surface area contributed by atoms with Crippen molar-refractivity contribution in [3.63, 3.8) is 0 Å². The molecular formula is C12H22N4O2. The molecular weight excluding hydrogens is 232 g/mol. The Kier molecular flexibility index (Phi) is 4.34. The Labute approximate surface area is 108 Å². The van der Waals surface area contributed by atoms with E-state index in [1.165, 1.54) is 0 Å². The number of anilines is 1. The molecule has 0 amide bonds. The summed E-state index contributed by atoms with van der Waals surface area (Å²) in [6.07, 6.45) is 1.58. The second-order valence-electron chi connectivity index (χ2n) is 5.03. The van der Waals surface area contributed by atoms with E-state index >= 15 is 0 Å². The number of ether oxygens (including phenoxy) is 1. The molecule has 1 aromatic rings. The topological polar surface area (TPSA) is 73.4 Å². The van der Waals surface area contributed by atoms with Crippen LogP contribution in [-0.2, 0) is 11.3 Å². The highest BCUT2D eigenvalue weighted by Crippen LogP contribution is 2.18. The molecule has 0 aliphatic heterocycles. The van der Waals surface area contributed by atoms with Gasteiger partial charge < -0.3 is 19.9 Å². The van der Waals surface area contributed by atoms with Crippen molar-refractivity contribution in [3.8, 4) is 0 Å². The molecule has 0 fully saturated rings. The van der Waals surface area contributed by atoms with Gasteiger partial charge in [0.05, 0.1) is 12.9 Å². The first kappa shape index (κ1) is 14.5. The van der Waals surface area contributed by atoms with Crippen molar-refractivity contribution in [2.45, 2.75) is 32.9 Å². The van der Waals surface area contributed by atoms with Gasteiger partial charge in [0, 0.05) is 12.1 Å². The highest BCUT2D eigenvalue weighted by atomic mass is 16.5. The fourth-order valence-electron chi connectivity index (χ4n) is 1.43. The molecule has 1 rings (SSSR count). The second-order valence-corrected chi connectivity index (χ2v) is 5.03. The number of hydrogen-bond acceptors (Lipinski definition) is 5. The molecule has 0 unspecified atom stereocenters. The Balaban J connectivity index is 2.91. The highest BCUT2D eigenvalue weighted by molar-refractivity contribution is 5.92. The molecule has 0 radical (unpaired) electrons. The van der Waals surface area contributed by atoms with E-state index in [0.717, 1.165) is 0 Å². The average molecular weight is 254 g/mol. The molecule has 6 nitrogen and oxygen atoms in total. The largest absolute Gasteiger partial charge is 0.461 e. The minimum Gasteiger partial charge on any atom is -0.461 e. The summed E-state index contributed by atoms with van der Waals surface area (Å²) in [6.45, 7) is 6.90. The van der Waals surface area contributed by atoms with E-state index in [0.29, 0.717) is 19.0 Å². The predicted molar refractivity (Wildman–Crippen MR) is 70.4 cm³/mol. The molecule has 0 aliphatic rings. The number of hydrogen-bond donors (Lipinski definition) is 1. The van der Waals surface area contributed by atoms with Crippen LogP contribution in [0.15, 0.2) is 6.33 Å². The number of nitrogens with zero attached hydrogens (tertiary/aromatic N) is 3. The van der Waals surface area contributed by atoms with Gasteiger partial charge >= 0.3 is 5.97 Å². The van der Waals surface area contributed by atoms with Gasteiger partial charge in [-0.3, -0.25) is 0 Å². The Morgan fingerprint density at radius 3 is 2.67 bits per heavy atom. The fourth-order valence-corrected chi connectivity index (χ4v) is 1.43. The zero-order valence-electron chi connectivity index (χ0n) is 11.7.